The van der Waals surface area contributed by atoms with E-state index in [0.29, 0.717) is 0 Å². The van der Waals surface area contributed by atoms with Crippen molar-refractivity contribution >= 4 is 29.5 Å². The number of amides is 3. The first-order chi connectivity index (χ1) is 9.13. The lowest BCUT2D eigenvalue weighted by molar-refractivity contribution is -0.133. The summed E-state index contributed by atoms with van der Waals surface area (Å²) in [5, 5.41) is 5.07. The molecular weight excluding hydrogens is 266 g/mol. The first-order valence-corrected chi connectivity index (χ1v) is 7.61. The van der Waals surface area contributed by atoms with Crippen molar-refractivity contribution in [2.75, 3.05) is 38.2 Å². The minimum atomic E-state index is -0.209. The third kappa shape index (κ3) is 6.47. The maximum atomic E-state index is 11.8. The molecule has 1 aliphatic heterocycles. The summed E-state index contributed by atoms with van der Waals surface area (Å²) in [5.41, 5.74) is 0. The number of likely N-dealkylation sites (tertiary alicyclic amines) is 1. The Balaban J connectivity index is 2.11. The third-order valence-electron chi connectivity index (χ3n) is 2.89. The van der Waals surface area contributed by atoms with Crippen molar-refractivity contribution in [1.29, 1.82) is 0 Å². The van der Waals surface area contributed by atoms with Crippen LogP contribution in [0, 0.1) is 0 Å². The molecule has 1 saturated heterocycles. The van der Waals surface area contributed by atoms with Crippen LogP contribution in [0.5, 0.6) is 0 Å². The van der Waals surface area contributed by atoms with E-state index in [4.69, 9.17) is 0 Å². The van der Waals surface area contributed by atoms with Crippen molar-refractivity contribution in [3.63, 3.8) is 0 Å². The maximum absolute atomic E-state index is 11.8. The molecule has 0 bridgehead atoms. The van der Waals surface area contributed by atoms with Gasteiger partial charge in [-0.25, -0.2) is 0 Å². The predicted octanol–water partition coefficient (Wildman–Crippen LogP) is -0.406. The van der Waals surface area contributed by atoms with Crippen molar-refractivity contribution in [2.24, 2.45) is 0 Å². The first kappa shape index (κ1) is 15.8. The second-order valence-corrected chi connectivity index (χ2v) is 5.37. The van der Waals surface area contributed by atoms with Crippen LogP contribution in [0.25, 0.3) is 0 Å². The molecule has 1 heterocycles. The van der Waals surface area contributed by atoms with Crippen LogP contribution in [0.15, 0.2) is 0 Å². The van der Waals surface area contributed by atoms with E-state index in [-0.39, 0.29) is 35.8 Å². The van der Waals surface area contributed by atoms with Gasteiger partial charge in [-0.3, -0.25) is 14.4 Å². The number of rotatable bonds is 6. The highest BCUT2D eigenvalue weighted by molar-refractivity contribution is 8.00. The molecule has 2 N–H and O–H groups in total. The summed E-state index contributed by atoms with van der Waals surface area (Å²) in [6.45, 7) is 1.64. The van der Waals surface area contributed by atoms with E-state index in [1.54, 1.807) is 11.9 Å². The SMILES string of the molecule is CNC(=O)CSCC(=O)NCC(=O)N1CCCCC1. The molecule has 0 atom stereocenters. The van der Waals surface area contributed by atoms with Crippen LogP contribution >= 0.6 is 11.8 Å². The molecule has 0 saturated carbocycles. The lowest BCUT2D eigenvalue weighted by Crippen LogP contribution is -2.43. The fourth-order valence-corrected chi connectivity index (χ4v) is 2.51. The van der Waals surface area contributed by atoms with Gasteiger partial charge in [-0.05, 0) is 19.3 Å². The number of nitrogens with zero attached hydrogens (tertiary/aromatic N) is 1. The second-order valence-electron chi connectivity index (χ2n) is 4.38. The van der Waals surface area contributed by atoms with E-state index in [9.17, 15) is 14.4 Å². The molecule has 0 unspecified atom stereocenters. The zero-order chi connectivity index (χ0) is 14.1. The lowest BCUT2D eigenvalue weighted by Gasteiger charge is -2.26. The van der Waals surface area contributed by atoms with E-state index < -0.39 is 0 Å². The molecule has 1 aliphatic rings. The summed E-state index contributed by atoms with van der Waals surface area (Å²) in [4.78, 5) is 36.0. The highest BCUT2D eigenvalue weighted by atomic mass is 32.2. The summed E-state index contributed by atoms with van der Waals surface area (Å²) >= 11 is 1.23. The van der Waals surface area contributed by atoms with Gasteiger partial charge in [0.1, 0.15) is 0 Å². The van der Waals surface area contributed by atoms with E-state index in [1.165, 1.54) is 18.2 Å². The molecule has 6 nitrogen and oxygen atoms in total. The topological polar surface area (TPSA) is 78.5 Å². The van der Waals surface area contributed by atoms with Gasteiger partial charge in [0, 0.05) is 20.1 Å². The summed E-state index contributed by atoms with van der Waals surface area (Å²) in [6.07, 6.45) is 3.26. The Bertz CT molecular complexity index is 330. The van der Waals surface area contributed by atoms with Gasteiger partial charge in [0.05, 0.1) is 18.1 Å². The van der Waals surface area contributed by atoms with Crippen LogP contribution in [-0.4, -0.2) is 60.8 Å². The fourth-order valence-electron chi connectivity index (χ4n) is 1.79. The van der Waals surface area contributed by atoms with Crippen molar-refractivity contribution in [3.8, 4) is 0 Å². The summed E-state index contributed by atoms with van der Waals surface area (Å²) < 4.78 is 0. The number of nitrogens with one attached hydrogen (secondary N) is 2. The van der Waals surface area contributed by atoms with E-state index in [1.807, 2.05) is 0 Å². The van der Waals surface area contributed by atoms with Crippen molar-refractivity contribution in [3.05, 3.63) is 0 Å². The van der Waals surface area contributed by atoms with Gasteiger partial charge in [-0.15, -0.1) is 11.8 Å². The van der Waals surface area contributed by atoms with Gasteiger partial charge in [-0.1, -0.05) is 0 Å². The average molecular weight is 287 g/mol. The zero-order valence-electron chi connectivity index (χ0n) is 11.2. The molecule has 0 aliphatic carbocycles. The van der Waals surface area contributed by atoms with Crippen molar-refractivity contribution in [1.82, 2.24) is 15.5 Å². The Kier molecular flexibility index (Phi) is 7.32. The van der Waals surface area contributed by atoms with Gasteiger partial charge in [0.15, 0.2) is 0 Å². The van der Waals surface area contributed by atoms with Gasteiger partial charge in [0.2, 0.25) is 17.7 Å². The van der Waals surface area contributed by atoms with Gasteiger partial charge < -0.3 is 15.5 Å². The molecular formula is C12H21N3O3S. The molecule has 19 heavy (non-hydrogen) atoms. The maximum Gasteiger partial charge on any atom is 0.241 e. The molecule has 0 aromatic heterocycles. The van der Waals surface area contributed by atoms with Gasteiger partial charge in [0.25, 0.3) is 0 Å². The highest BCUT2D eigenvalue weighted by Gasteiger charge is 2.16. The second kappa shape index (κ2) is 8.79. The lowest BCUT2D eigenvalue weighted by atomic mass is 10.1. The standard InChI is InChI=1S/C12H21N3O3S/c1-13-10(16)8-19-9-11(17)14-7-12(18)15-5-3-2-4-6-15/h2-9H2,1H3,(H,13,16)(H,14,17). The van der Waals surface area contributed by atoms with E-state index >= 15 is 0 Å². The summed E-state index contributed by atoms with van der Waals surface area (Å²) in [5.74, 6) is 0.107. The minimum Gasteiger partial charge on any atom is -0.358 e. The fraction of sp³-hybridized carbons (Fsp3) is 0.750. The molecule has 0 radical (unpaired) electrons. The van der Waals surface area contributed by atoms with Crippen molar-refractivity contribution in [2.45, 2.75) is 19.3 Å². The number of carbonyl (C=O) groups is 3. The van der Waals surface area contributed by atoms with Crippen LogP contribution in [0.1, 0.15) is 19.3 Å². The molecule has 1 fully saturated rings. The van der Waals surface area contributed by atoms with Crippen LogP contribution in [0.2, 0.25) is 0 Å². The molecule has 0 spiro atoms. The summed E-state index contributed by atoms with van der Waals surface area (Å²) in [6, 6.07) is 0. The molecule has 3 amide bonds. The zero-order valence-corrected chi connectivity index (χ0v) is 12.1. The van der Waals surface area contributed by atoms with Crippen LogP contribution < -0.4 is 10.6 Å². The van der Waals surface area contributed by atoms with Crippen LogP contribution in [0.4, 0.5) is 0 Å². The molecule has 0 aromatic rings. The van der Waals surface area contributed by atoms with E-state index in [2.05, 4.69) is 10.6 Å². The Labute approximate surface area is 117 Å². The third-order valence-corrected chi connectivity index (χ3v) is 3.82. The molecule has 1 rings (SSSR count). The Morgan fingerprint density at radius 3 is 2.32 bits per heavy atom. The number of piperidine rings is 1. The smallest absolute Gasteiger partial charge is 0.241 e. The monoisotopic (exact) mass is 287 g/mol. The van der Waals surface area contributed by atoms with Gasteiger partial charge >= 0.3 is 0 Å². The quantitative estimate of drug-likeness (QED) is 0.696. The number of hydrogen-bond donors (Lipinski definition) is 2. The highest BCUT2D eigenvalue weighted by Crippen LogP contribution is 2.08. The minimum absolute atomic E-state index is 0.0237. The van der Waals surface area contributed by atoms with Crippen LogP contribution in [0.3, 0.4) is 0 Å². The van der Waals surface area contributed by atoms with Crippen molar-refractivity contribution < 1.29 is 14.4 Å². The van der Waals surface area contributed by atoms with Crippen LogP contribution in [-0.2, 0) is 14.4 Å². The molecule has 108 valence electrons. The van der Waals surface area contributed by atoms with E-state index in [0.717, 1.165) is 25.9 Å². The average Bonchev–Trinajstić information content (AvgIpc) is 2.45. The largest absolute Gasteiger partial charge is 0.358 e. The predicted molar refractivity (Wildman–Crippen MR) is 74.8 cm³/mol. The number of carbonyl (C=O) groups excluding carboxylic acids is 3. The molecule has 7 heteroatoms. The Hall–Kier alpha value is -1.24. The normalized spacial score (nSPS) is 14.9. The summed E-state index contributed by atoms with van der Waals surface area (Å²) in [7, 11) is 1.56. The number of hydrogen-bond acceptors (Lipinski definition) is 4. The molecule has 0 aromatic carbocycles. The first-order valence-electron chi connectivity index (χ1n) is 6.46. The van der Waals surface area contributed by atoms with Gasteiger partial charge in [-0.2, -0.15) is 0 Å². The Morgan fingerprint density at radius 2 is 1.68 bits per heavy atom. The Morgan fingerprint density at radius 1 is 1.05 bits per heavy atom. The number of thioether (sulfide) groups is 1.